The third-order valence-electron chi connectivity index (χ3n) is 4.22. The molecule has 0 saturated heterocycles. The van der Waals surface area contributed by atoms with Gasteiger partial charge < -0.3 is 5.32 Å². The molecule has 1 N–H and O–H groups in total. The Labute approximate surface area is 174 Å². The summed E-state index contributed by atoms with van der Waals surface area (Å²) in [5.74, 6) is -0.439. The summed E-state index contributed by atoms with van der Waals surface area (Å²) in [6.07, 6.45) is 0. The topological polar surface area (TPSA) is 90.3 Å². The second-order valence-corrected chi connectivity index (χ2v) is 8.53. The Morgan fingerprint density at radius 1 is 1.03 bits per heavy atom. The molecule has 3 aromatic carbocycles. The van der Waals surface area contributed by atoms with E-state index in [1.165, 1.54) is 43.4 Å². The number of carbonyl (C=O) groups excluding carboxylic acids is 1. The van der Waals surface area contributed by atoms with Crippen LogP contribution in [-0.4, -0.2) is 21.4 Å². The van der Waals surface area contributed by atoms with Gasteiger partial charge >= 0.3 is 0 Å². The van der Waals surface area contributed by atoms with Crippen molar-refractivity contribution in [3.8, 4) is 6.07 Å². The maximum atomic E-state index is 13.0. The minimum absolute atomic E-state index is 0.0203. The Morgan fingerprint density at radius 2 is 1.69 bits per heavy atom. The number of hydrogen-bond acceptors (Lipinski definition) is 4. The van der Waals surface area contributed by atoms with Crippen LogP contribution in [-0.2, 0) is 10.0 Å². The van der Waals surface area contributed by atoms with E-state index in [1.54, 1.807) is 36.4 Å². The molecule has 0 saturated carbocycles. The van der Waals surface area contributed by atoms with Crippen molar-refractivity contribution in [1.82, 2.24) is 0 Å². The van der Waals surface area contributed by atoms with Crippen molar-refractivity contribution < 1.29 is 13.2 Å². The molecule has 1 amide bonds. The molecule has 146 valence electrons. The lowest BCUT2D eigenvalue weighted by molar-refractivity contribution is 0.102. The zero-order valence-corrected chi connectivity index (χ0v) is 16.9. The van der Waals surface area contributed by atoms with Crippen LogP contribution >= 0.6 is 11.6 Å². The molecule has 6 nitrogen and oxygen atoms in total. The van der Waals surface area contributed by atoms with E-state index in [0.29, 0.717) is 22.0 Å². The maximum absolute atomic E-state index is 13.0. The highest BCUT2D eigenvalue weighted by Gasteiger charge is 2.22. The molecule has 0 bridgehead atoms. The summed E-state index contributed by atoms with van der Waals surface area (Å²) in [5, 5.41) is 12.1. The number of nitriles is 1. The van der Waals surface area contributed by atoms with Crippen molar-refractivity contribution in [3.63, 3.8) is 0 Å². The number of sulfonamides is 1. The molecule has 8 heteroatoms. The van der Waals surface area contributed by atoms with Gasteiger partial charge in [-0.3, -0.25) is 9.10 Å². The summed E-state index contributed by atoms with van der Waals surface area (Å²) in [4.78, 5) is 12.5. The highest BCUT2D eigenvalue weighted by molar-refractivity contribution is 7.92. The summed E-state index contributed by atoms with van der Waals surface area (Å²) in [5.41, 5.74) is 1.58. The first-order valence-corrected chi connectivity index (χ1v) is 10.3. The molecule has 0 radical (unpaired) electrons. The van der Waals surface area contributed by atoms with Crippen LogP contribution in [0.3, 0.4) is 0 Å². The third-order valence-corrected chi connectivity index (χ3v) is 6.25. The van der Waals surface area contributed by atoms with Gasteiger partial charge in [-0.1, -0.05) is 17.7 Å². The first kappa shape index (κ1) is 20.4. The van der Waals surface area contributed by atoms with Crippen LogP contribution in [0.15, 0.2) is 77.7 Å². The minimum Gasteiger partial charge on any atom is -0.322 e. The molecule has 0 aliphatic heterocycles. The fourth-order valence-corrected chi connectivity index (χ4v) is 3.94. The first-order valence-electron chi connectivity index (χ1n) is 8.47. The lowest BCUT2D eigenvalue weighted by atomic mass is 10.2. The number of halogens is 1. The monoisotopic (exact) mass is 425 g/mol. The molecule has 0 aliphatic rings. The van der Waals surface area contributed by atoms with E-state index in [0.717, 1.165) is 4.31 Å². The second kappa shape index (κ2) is 8.35. The maximum Gasteiger partial charge on any atom is 0.264 e. The van der Waals surface area contributed by atoms with E-state index >= 15 is 0 Å². The first-order chi connectivity index (χ1) is 13.8. The fraction of sp³-hybridized carbons (Fsp3) is 0.0476. The predicted octanol–water partition coefficient (Wildman–Crippen LogP) is 4.29. The van der Waals surface area contributed by atoms with Gasteiger partial charge in [0.2, 0.25) is 0 Å². The van der Waals surface area contributed by atoms with Gasteiger partial charge in [0.05, 0.1) is 22.2 Å². The van der Waals surface area contributed by atoms with Crippen LogP contribution in [0.2, 0.25) is 5.02 Å². The Balaban J connectivity index is 1.85. The molecule has 0 aliphatic carbocycles. The molecular weight excluding hydrogens is 410 g/mol. The lowest BCUT2D eigenvalue weighted by Crippen LogP contribution is -2.26. The molecule has 0 aromatic heterocycles. The number of rotatable bonds is 5. The Kier molecular flexibility index (Phi) is 5.87. The van der Waals surface area contributed by atoms with Crippen LogP contribution in [0.4, 0.5) is 11.4 Å². The van der Waals surface area contributed by atoms with Gasteiger partial charge in [0.1, 0.15) is 0 Å². The molecule has 0 spiro atoms. The van der Waals surface area contributed by atoms with E-state index in [2.05, 4.69) is 5.32 Å². The molecule has 0 heterocycles. The van der Waals surface area contributed by atoms with Gasteiger partial charge in [0, 0.05) is 23.3 Å². The van der Waals surface area contributed by atoms with E-state index in [-0.39, 0.29) is 10.5 Å². The predicted molar refractivity (Wildman–Crippen MR) is 113 cm³/mol. The van der Waals surface area contributed by atoms with Crippen LogP contribution in [0.25, 0.3) is 0 Å². The second-order valence-electron chi connectivity index (χ2n) is 6.12. The lowest BCUT2D eigenvalue weighted by Gasteiger charge is -2.20. The van der Waals surface area contributed by atoms with Gasteiger partial charge in [0.15, 0.2) is 0 Å². The Hall–Kier alpha value is -3.34. The third kappa shape index (κ3) is 4.57. The van der Waals surface area contributed by atoms with Crippen molar-refractivity contribution in [2.24, 2.45) is 0 Å². The molecule has 0 fully saturated rings. The number of nitrogens with zero attached hydrogens (tertiary/aromatic N) is 2. The van der Waals surface area contributed by atoms with Crippen LogP contribution in [0, 0.1) is 11.3 Å². The number of hydrogen-bond donors (Lipinski definition) is 1. The molecule has 3 aromatic rings. The summed E-state index contributed by atoms with van der Waals surface area (Å²) >= 11 is 5.83. The van der Waals surface area contributed by atoms with Crippen molar-refractivity contribution in [2.45, 2.75) is 4.90 Å². The average Bonchev–Trinajstić information content (AvgIpc) is 2.75. The van der Waals surface area contributed by atoms with Gasteiger partial charge in [0.25, 0.3) is 15.9 Å². The summed E-state index contributed by atoms with van der Waals surface area (Å²) in [6.45, 7) is 0. The molecular formula is C21H16ClN3O3S. The smallest absolute Gasteiger partial charge is 0.264 e. The van der Waals surface area contributed by atoms with Crippen molar-refractivity contribution in [2.75, 3.05) is 16.7 Å². The molecule has 3 rings (SSSR count). The average molecular weight is 426 g/mol. The Bertz CT molecular complexity index is 1190. The van der Waals surface area contributed by atoms with Crippen LogP contribution in [0.5, 0.6) is 0 Å². The molecule has 29 heavy (non-hydrogen) atoms. The van der Waals surface area contributed by atoms with E-state index in [1.807, 2.05) is 6.07 Å². The van der Waals surface area contributed by atoms with E-state index < -0.39 is 15.9 Å². The van der Waals surface area contributed by atoms with Crippen molar-refractivity contribution in [3.05, 3.63) is 88.9 Å². The van der Waals surface area contributed by atoms with Gasteiger partial charge in [-0.2, -0.15) is 5.26 Å². The van der Waals surface area contributed by atoms with Crippen molar-refractivity contribution in [1.29, 1.82) is 5.26 Å². The summed E-state index contributed by atoms with van der Waals surface area (Å²) in [6, 6.07) is 20.5. The largest absolute Gasteiger partial charge is 0.322 e. The van der Waals surface area contributed by atoms with Crippen LogP contribution in [0.1, 0.15) is 15.9 Å². The molecule has 0 unspecified atom stereocenters. The number of carbonyl (C=O) groups is 1. The van der Waals surface area contributed by atoms with Crippen molar-refractivity contribution >= 4 is 38.9 Å². The van der Waals surface area contributed by atoms with E-state index in [4.69, 9.17) is 16.9 Å². The van der Waals surface area contributed by atoms with Crippen LogP contribution < -0.4 is 9.62 Å². The number of nitrogens with one attached hydrogen (secondary N) is 1. The van der Waals surface area contributed by atoms with Gasteiger partial charge in [-0.15, -0.1) is 0 Å². The zero-order chi connectivity index (χ0) is 21.0. The normalized spacial score (nSPS) is 10.8. The summed E-state index contributed by atoms with van der Waals surface area (Å²) in [7, 11) is -2.48. The number of amides is 1. The summed E-state index contributed by atoms with van der Waals surface area (Å²) < 4.78 is 27.0. The quantitative estimate of drug-likeness (QED) is 0.660. The highest BCUT2D eigenvalue weighted by atomic mass is 35.5. The standard InChI is InChI=1S/C21H16ClN3O3S/c1-25(19-11-5-15(14-23)6-12-19)29(27,28)20-4-2-3-16(13-20)21(26)24-18-9-7-17(22)8-10-18/h2-13H,1H3,(H,24,26). The SMILES string of the molecule is CN(c1ccc(C#N)cc1)S(=O)(=O)c1cccc(C(=O)Nc2ccc(Cl)cc2)c1. The Morgan fingerprint density at radius 3 is 2.31 bits per heavy atom. The highest BCUT2D eigenvalue weighted by Crippen LogP contribution is 2.23. The fourth-order valence-electron chi connectivity index (χ4n) is 2.58. The number of benzene rings is 3. The zero-order valence-electron chi connectivity index (χ0n) is 15.3. The number of anilines is 2. The molecule has 0 atom stereocenters. The van der Waals surface area contributed by atoms with Gasteiger partial charge in [-0.25, -0.2) is 8.42 Å². The van der Waals surface area contributed by atoms with Gasteiger partial charge in [-0.05, 0) is 66.7 Å². The van der Waals surface area contributed by atoms with E-state index in [9.17, 15) is 13.2 Å². The minimum atomic E-state index is -3.89.